The maximum absolute atomic E-state index is 11.7. The van der Waals surface area contributed by atoms with Gasteiger partial charge in [0.05, 0.1) is 41.8 Å². The number of likely N-dealkylation sites (N-methyl/N-ethyl adjacent to an activating group) is 1. The van der Waals surface area contributed by atoms with Gasteiger partial charge in [-0.2, -0.15) is 0 Å². The Morgan fingerprint density at radius 1 is 1.11 bits per heavy atom. The fraction of sp³-hybridized carbons (Fsp3) is 0.727. The fourth-order valence-electron chi connectivity index (χ4n) is 1.26. The summed E-state index contributed by atoms with van der Waals surface area (Å²) >= 11 is 0. The predicted molar refractivity (Wildman–Crippen MR) is 63.5 cm³/mol. The summed E-state index contributed by atoms with van der Waals surface area (Å²) in [4.78, 5) is 34.2. The minimum absolute atomic E-state index is 0.189. The van der Waals surface area contributed by atoms with E-state index in [0.29, 0.717) is 4.48 Å². The summed E-state index contributed by atoms with van der Waals surface area (Å²) in [5.41, 5.74) is 0. The zero-order valence-electron chi connectivity index (χ0n) is 11.5. The van der Waals surface area contributed by atoms with Crippen molar-refractivity contribution >= 4 is 17.8 Å². The van der Waals surface area contributed by atoms with Gasteiger partial charge in [-0.05, 0) is 0 Å². The van der Waals surface area contributed by atoms with Crippen molar-refractivity contribution in [3.63, 3.8) is 0 Å². The van der Waals surface area contributed by atoms with Crippen LogP contribution in [0.5, 0.6) is 0 Å². The number of carbonyl (C=O) groups is 3. The van der Waals surface area contributed by atoms with Crippen LogP contribution in [0.25, 0.3) is 0 Å². The molecule has 0 radical (unpaired) electrons. The lowest BCUT2D eigenvalue weighted by molar-refractivity contribution is -0.862. The largest absolute Gasteiger partial charge is 0.469 e. The maximum Gasteiger partial charge on any atom is 0.328 e. The molecule has 0 aromatic carbocycles. The van der Waals surface area contributed by atoms with Crippen LogP contribution in [0.4, 0.5) is 0 Å². The van der Waals surface area contributed by atoms with Gasteiger partial charge in [0, 0.05) is 0 Å². The molecular formula is C11H21N2O5+. The molecule has 0 heterocycles. The molecule has 0 aliphatic heterocycles. The van der Waals surface area contributed by atoms with E-state index in [-0.39, 0.29) is 18.9 Å². The first kappa shape index (κ1) is 16.4. The number of quaternary nitrogens is 1. The van der Waals surface area contributed by atoms with Crippen molar-refractivity contribution in [2.24, 2.45) is 0 Å². The molecule has 0 rings (SSSR count). The zero-order valence-corrected chi connectivity index (χ0v) is 11.5. The number of hydrogen-bond donors (Lipinski definition) is 1. The van der Waals surface area contributed by atoms with E-state index >= 15 is 0 Å². The molecule has 1 amide bonds. The van der Waals surface area contributed by atoms with Gasteiger partial charge in [-0.15, -0.1) is 0 Å². The molecule has 104 valence electrons. The second-order valence-electron chi connectivity index (χ2n) is 4.87. The van der Waals surface area contributed by atoms with Gasteiger partial charge >= 0.3 is 11.9 Å². The third-order valence-corrected chi connectivity index (χ3v) is 2.04. The molecule has 1 unspecified atom stereocenters. The molecule has 1 atom stereocenters. The molecule has 1 N–H and O–H groups in total. The quantitative estimate of drug-likeness (QED) is 0.485. The number of amides is 1. The SMILES string of the molecule is COC(=O)CC(NC(=O)C[N+](C)(C)C)C(=O)OC. The van der Waals surface area contributed by atoms with Gasteiger partial charge in [0.15, 0.2) is 6.54 Å². The van der Waals surface area contributed by atoms with Crippen molar-refractivity contribution < 1.29 is 28.3 Å². The first-order valence-corrected chi connectivity index (χ1v) is 5.44. The number of carbonyl (C=O) groups excluding carboxylic acids is 3. The molecule has 0 saturated heterocycles. The third-order valence-electron chi connectivity index (χ3n) is 2.04. The summed E-state index contributed by atoms with van der Waals surface area (Å²) in [5, 5.41) is 2.46. The van der Waals surface area contributed by atoms with Crippen molar-refractivity contribution in [1.29, 1.82) is 0 Å². The van der Waals surface area contributed by atoms with E-state index in [4.69, 9.17) is 0 Å². The smallest absolute Gasteiger partial charge is 0.328 e. The number of rotatable bonds is 6. The Hall–Kier alpha value is -1.63. The van der Waals surface area contributed by atoms with Gasteiger partial charge < -0.3 is 19.3 Å². The van der Waals surface area contributed by atoms with Crippen molar-refractivity contribution in [3.8, 4) is 0 Å². The van der Waals surface area contributed by atoms with Gasteiger partial charge in [0.25, 0.3) is 5.91 Å². The Balaban J connectivity index is 4.55. The molecule has 7 nitrogen and oxygen atoms in total. The summed E-state index contributed by atoms with van der Waals surface area (Å²) in [5.74, 6) is -1.59. The molecule has 0 aromatic heterocycles. The summed E-state index contributed by atoms with van der Waals surface area (Å²) in [6.07, 6.45) is -0.244. The van der Waals surface area contributed by atoms with E-state index in [0.717, 1.165) is 0 Å². The molecule has 0 fully saturated rings. The summed E-state index contributed by atoms with van der Waals surface area (Å²) in [6.45, 7) is 0.189. The van der Waals surface area contributed by atoms with Crippen LogP contribution in [0.1, 0.15) is 6.42 Å². The van der Waals surface area contributed by atoms with Crippen LogP contribution < -0.4 is 5.32 Å². The highest BCUT2D eigenvalue weighted by atomic mass is 16.5. The number of nitrogens with one attached hydrogen (secondary N) is 1. The van der Waals surface area contributed by atoms with Crippen LogP contribution in [0.3, 0.4) is 0 Å². The van der Waals surface area contributed by atoms with E-state index in [9.17, 15) is 14.4 Å². The molecule has 0 aromatic rings. The van der Waals surface area contributed by atoms with Gasteiger partial charge in [-0.3, -0.25) is 9.59 Å². The first-order chi connectivity index (χ1) is 8.19. The van der Waals surface area contributed by atoms with E-state index in [1.807, 2.05) is 21.1 Å². The Labute approximate surface area is 107 Å². The molecular weight excluding hydrogens is 240 g/mol. The Bertz CT molecular complexity index is 322. The van der Waals surface area contributed by atoms with Gasteiger partial charge in [0.2, 0.25) is 0 Å². The lowest BCUT2D eigenvalue weighted by Crippen LogP contribution is -2.50. The van der Waals surface area contributed by atoms with Gasteiger partial charge in [-0.1, -0.05) is 0 Å². The molecule has 18 heavy (non-hydrogen) atoms. The number of hydrogen-bond acceptors (Lipinski definition) is 5. The Morgan fingerprint density at radius 2 is 1.67 bits per heavy atom. The van der Waals surface area contributed by atoms with Crippen molar-refractivity contribution in [3.05, 3.63) is 0 Å². The molecule has 0 aliphatic carbocycles. The summed E-state index contributed by atoms with van der Waals surface area (Å²) in [6, 6.07) is -1.01. The fourth-order valence-corrected chi connectivity index (χ4v) is 1.26. The average Bonchev–Trinajstić information content (AvgIpc) is 2.24. The third kappa shape index (κ3) is 6.85. The maximum atomic E-state index is 11.7. The lowest BCUT2D eigenvalue weighted by Gasteiger charge is -2.24. The topological polar surface area (TPSA) is 81.7 Å². The van der Waals surface area contributed by atoms with E-state index in [1.165, 1.54) is 14.2 Å². The first-order valence-electron chi connectivity index (χ1n) is 5.44. The van der Waals surface area contributed by atoms with E-state index in [2.05, 4.69) is 14.8 Å². The van der Waals surface area contributed by atoms with Crippen LogP contribution in [-0.4, -0.2) is 70.3 Å². The molecule has 0 spiro atoms. The van der Waals surface area contributed by atoms with Crippen LogP contribution in [0, 0.1) is 0 Å². The number of ether oxygens (including phenoxy) is 2. The summed E-state index contributed by atoms with van der Waals surface area (Å²) in [7, 11) is 7.93. The van der Waals surface area contributed by atoms with Crippen molar-refractivity contribution in [2.45, 2.75) is 12.5 Å². The second kappa shape index (κ2) is 6.95. The van der Waals surface area contributed by atoms with Crippen LogP contribution >= 0.6 is 0 Å². The number of esters is 2. The van der Waals surface area contributed by atoms with E-state index < -0.39 is 18.0 Å². The Morgan fingerprint density at radius 3 is 2.06 bits per heavy atom. The van der Waals surface area contributed by atoms with Gasteiger partial charge in [0.1, 0.15) is 6.04 Å². The average molecular weight is 261 g/mol. The standard InChI is InChI=1S/C11H20N2O5/c1-13(2,3)7-9(14)12-8(11(16)18-5)6-10(15)17-4/h8H,6-7H2,1-5H3/p+1. The van der Waals surface area contributed by atoms with Crippen molar-refractivity contribution in [1.82, 2.24) is 5.32 Å². The highest BCUT2D eigenvalue weighted by Gasteiger charge is 2.26. The van der Waals surface area contributed by atoms with Crippen LogP contribution in [-0.2, 0) is 23.9 Å². The predicted octanol–water partition coefficient (Wildman–Crippen LogP) is -1.09. The zero-order chi connectivity index (χ0) is 14.3. The minimum Gasteiger partial charge on any atom is -0.469 e. The normalized spacial score (nSPS) is 12.5. The molecule has 0 bridgehead atoms. The minimum atomic E-state index is -1.01. The molecule has 0 aliphatic rings. The highest BCUT2D eigenvalue weighted by molar-refractivity contribution is 5.88. The van der Waals surface area contributed by atoms with E-state index in [1.54, 1.807) is 0 Å². The van der Waals surface area contributed by atoms with Gasteiger partial charge in [-0.25, -0.2) is 4.79 Å². The van der Waals surface area contributed by atoms with Crippen LogP contribution in [0.15, 0.2) is 0 Å². The number of nitrogens with zero attached hydrogens (tertiary/aromatic N) is 1. The monoisotopic (exact) mass is 261 g/mol. The second-order valence-corrected chi connectivity index (χ2v) is 4.87. The molecule has 7 heteroatoms. The molecule has 0 saturated carbocycles. The summed E-state index contributed by atoms with van der Waals surface area (Å²) < 4.78 is 9.39. The number of methoxy groups -OCH3 is 2. The van der Waals surface area contributed by atoms with Crippen molar-refractivity contribution in [2.75, 3.05) is 41.9 Å². The lowest BCUT2D eigenvalue weighted by atomic mass is 10.2. The highest BCUT2D eigenvalue weighted by Crippen LogP contribution is 1.99. The Kier molecular flexibility index (Phi) is 6.32. The van der Waals surface area contributed by atoms with Crippen LogP contribution in [0.2, 0.25) is 0 Å².